The third-order valence-electron chi connectivity index (χ3n) is 5.38. The van der Waals surface area contributed by atoms with Crippen molar-refractivity contribution in [1.29, 1.82) is 0 Å². The van der Waals surface area contributed by atoms with E-state index < -0.39 is 0 Å². The molecular formula is C19H23ClN4O. The van der Waals surface area contributed by atoms with Crippen molar-refractivity contribution < 1.29 is 4.79 Å². The van der Waals surface area contributed by atoms with Gasteiger partial charge in [0.15, 0.2) is 0 Å². The summed E-state index contributed by atoms with van der Waals surface area (Å²) in [6.45, 7) is 1.56. The van der Waals surface area contributed by atoms with E-state index in [1.807, 2.05) is 23.2 Å². The molecule has 0 spiro atoms. The van der Waals surface area contributed by atoms with Crippen molar-refractivity contribution in [3.63, 3.8) is 0 Å². The van der Waals surface area contributed by atoms with Gasteiger partial charge in [-0.3, -0.25) is 9.89 Å². The molecule has 2 N–H and O–H groups in total. The number of benzene rings is 1. The number of H-pyrrole nitrogens is 1. The van der Waals surface area contributed by atoms with E-state index in [1.54, 1.807) is 12.1 Å². The number of carbonyl (C=O) groups excluding carboxylic acids is 1. The molecule has 2 heterocycles. The van der Waals surface area contributed by atoms with Gasteiger partial charge >= 0.3 is 0 Å². The predicted octanol–water partition coefficient (Wildman–Crippen LogP) is 2.81. The second kappa shape index (κ2) is 7.18. The zero-order chi connectivity index (χ0) is 17.2. The standard InChI is InChI=1S/C19H23ClN4O/c20-17-4-2-1-3-16(17)19(25)24-9-7-14(8-10-24)22-15-6-5-13-12-21-23-18(13)11-15/h1-4,12,14-15,22H,5-11H2,(H,21,23). The average Bonchev–Trinajstić information content (AvgIpc) is 3.10. The first kappa shape index (κ1) is 16.6. The number of aromatic amines is 1. The summed E-state index contributed by atoms with van der Waals surface area (Å²) in [6.07, 6.45) is 7.20. The van der Waals surface area contributed by atoms with Gasteiger partial charge < -0.3 is 10.2 Å². The first-order valence-corrected chi connectivity index (χ1v) is 9.39. The first-order chi connectivity index (χ1) is 12.2. The number of hydrogen-bond donors (Lipinski definition) is 2. The molecule has 0 saturated carbocycles. The molecule has 4 rings (SSSR count). The van der Waals surface area contributed by atoms with Crippen LogP contribution in [0.2, 0.25) is 5.02 Å². The third kappa shape index (κ3) is 3.58. The summed E-state index contributed by atoms with van der Waals surface area (Å²) in [4.78, 5) is 14.6. The molecule has 132 valence electrons. The maximum atomic E-state index is 12.6. The molecule has 1 amide bonds. The number of amides is 1. The Labute approximate surface area is 152 Å². The minimum absolute atomic E-state index is 0.0452. The molecule has 1 aliphatic heterocycles. The van der Waals surface area contributed by atoms with Gasteiger partial charge in [-0.05, 0) is 43.4 Å². The highest BCUT2D eigenvalue weighted by Gasteiger charge is 2.27. The molecule has 0 radical (unpaired) electrons. The topological polar surface area (TPSA) is 61.0 Å². The molecule has 1 fully saturated rings. The highest BCUT2D eigenvalue weighted by atomic mass is 35.5. The SMILES string of the molecule is O=C(c1ccccc1Cl)N1CCC(NC2CCc3cn[nH]c3C2)CC1. The number of aryl methyl sites for hydroxylation is 1. The van der Waals surface area contributed by atoms with Crippen molar-refractivity contribution in [3.8, 4) is 0 Å². The Morgan fingerprint density at radius 2 is 2.00 bits per heavy atom. The van der Waals surface area contributed by atoms with Crippen LogP contribution < -0.4 is 5.32 Å². The highest BCUT2D eigenvalue weighted by Crippen LogP contribution is 2.22. The van der Waals surface area contributed by atoms with Crippen molar-refractivity contribution in [2.24, 2.45) is 0 Å². The van der Waals surface area contributed by atoms with E-state index in [-0.39, 0.29) is 5.91 Å². The maximum Gasteiger partial charge on any atom is 0.255 e. The number of hydrogen-bond acceptors (Lipinski definition) is 3. The summed E-state index contributed by atoms with van der Waals surface area (Å²) in [7, 11) is 0. The lowest BCUT2D eigenvalue weighted by Gasteiger charge is -2.35. The molecule has 1 aromatic carbocycles. The van der Waals surface area contributed by atoms with Crippen molar-refractivity contribution in [3.05, 3.63) is 52.3 Å². The van der Waals surface area contributed by atoms with Crippen LogP contribution in [-0.4, -0.2) is 46.2 Å². The van der Waals surface area contributed by atoms with Gasteiger partial charge in [0.1, 0.15) is 0 Å². The molecule has 2 aromatic rings. The number of piperidine rings is 1. The molecule has 2 aliphatic rings. The molecule has 25 heavy (non-hydrogen) atoms. The minimum Gasteiger partial charge on any atom is -0.338 e. The fraction of sp³-hybridized carbons (Fsp3) is 0.474. The Kier molecular flexibility index (Phi) is 4.77. The molecule has 1 aromatic heterocycles. The van der Waals surface area contributed by atoms with Crippen molar-refractivity contribution in [2.45, 2.75) is 44.2 Å². The molecule has 0 bridgehead atoms. The summed E-state index contributed by atoms with van der Waals surface area (Å²) >= 11 is 6.16. The van der Waals surface area contributed by atoms with E-state index in [9.17, 15) is 4.79 Å². The Morgan fingerprint density at radius 1 is 1.20 bits per heavy atom. The molecule has 5 nitrogen and oxygen atoms in total. The number of halogens is 1. The van der Waals surface area contributed by atoms with E-state index in [1.165, 1.54) is 11.3 Å². The number of carbonyl (C=O) groups is 1. The first-order valence-electron chi connectivity index (χ1n) is 9.01. The van der Waals surface area contributed by atoms with Gasteiger partial charge in [-0.1, -0.05) is 23.7 Å². The molecule has 6 heteroatoms. The van der Waals surface area contributed by atoms with E-state index in [4.69, 9.17) is 11.6 Å². The predicted molar refractivity (Wildman–Crippen MR) is 97.9 cm³/mol. The van der Waals surface area contributed by atoms with Crippen LogP contribution in [0, 0.1) is 0 Å². The van der Waals surface area contributed by atoms with E-state index in [0.717, 1.165) is 45.2 Å². The Balaban J connectivity index is 1.30. The monoisotopic (exact) mass is 358 g/mol. The lowest BCUT2D eigenvalue weighted by molar-refractivity contribution is 0.0701. The van der Waals surface area contributed by atoms with Gasteiger partial charge in [-0.25, -0.2) is 0 Å². The van der Waals surface area contributed by atoms with Crippen LogP contribution in [0.5, 0.6) is 0 Å². The summed E-state index contributed by atoms with van der Waals surface area (Å²) in [5, 5.41) is 11.6. The number of nitrogens with one attached hydrogen (secondary N) is 2. The van der Waals surface area contributed by atoms with Crippen LogP contribution >= 0.6 is 11.6 Å². The summed E-state index contributed by atoms with van der Waals surface area (Å²) < 4.78 is 0. The Bertz CT molecular complexity index is 751. The highest BCUT2D eigenvalue weighted by molar-refractivity contribution is 6.33. The average molecular weight is 359 g/mol. The van der Waals surface area contributed by atoms with Crippen LogP contribution in [0.1, 0.15) is 40.9 Å². The summed E-state index contributed by atoms with van der Waals surface area (Å²) in [5.74, 6) is 0.0452. The third-order valence-corrected chi connectivity index (χ3v) is 5.71. The lowest BCUT2D eigenvalue weighted by Crippen LogP contribution is -2.49. The summed E-state index contributed by atoms with van der Waals surface area (Å²) in [6, 6.07) is 8.27. The quantitative estimate of drug-likeness (QED) is 0.886. The van der Waals surface area contributed by atoms with Crippen LogP contribution in [-0.2, 0) is 12.8 Å². The van der Waals surface area contributed by atoms with E-state index in [2.05, 4.69) is 15.5 Å². The zero-order valence-corrected chi connectivity index (χ0v) is 14.9. The van der Waals surface area contributed by atoms with Crippen LogP contribution in [0.3, 0.4) is 0 Å². The normalized spacial score (nSPS) is 21.2. The van der Waals surface area contributed by atoms with Gasteiger partial charge in [0.2, 0.25) is 0 Å². The molecule has 1 unspecified atom stereocenters. The molecular weight excluding hydrogens is 336 g/mol. The molecule has 1 saturated heterocycles. The van der Waals surface area contributed by atoms with Gasteiger partial charge in [0.25, 0.3) is 5.91 Å². The molecule has 1 atom stereocenters. The molecule has 1 aliphatic carbocycles. The fourth-order valence-corrected chi connectivity index (χ4v) is 4.15. The van der Waals surface area contributed by atoms with Crippen LogP contribution in [0.25, 0.3) is 0 Å². The summed E-state index contributed by atoms with van der Waals surface area (Å²) in [5.41, 5.74) is 3.24. The Hall–Kier alpha value is -1.85. The lowest BCUT2D eigenvalue weighted by atomic mass is 9.92. The number of nitrogens with zero attached hydrogens (tertiary/aromatic N) is 2. The minimum atomic E-state index is 0.0452. The zero-order valence-electron chi connectivity index (χ0n) is 14.2. The van der Waals surface area contributed by atoms with Gasteiger partial charge in [0, 0.05) is 37.3 Å². The van der Waals surface area contributed by atoms with Crippen LogP contribution in [0.15, 0.2) is 30.5 Å². The van der Waals surface area contributed by atoms with Gasteiger partial charge in [0.05, 0.1) is 16.8 Å². The second-order valence-electron chi connectivity index (χ2n) is 7.03. The number of aromatic nitrogens is 2. The fourth-order valence-electron chi connectivity index (χ4n) is 3.94. The van der Waals surface area contributed by atoms with Gasteiger partial charge in [-0.2, -0.15) is 5.10 Å². The van der Waals surface area contributed by atoms with Crippen molar-refractivity contribution in [1.82, 2.24) is 20.4 Å². The number of fused-ring (bicyclic) bond motifs is 1. The van der Waals surface area contributed by atoms with E-state index in [0.29, 0.717) is 22.7 Å². The Morgan fingerprint density at radius 3 is 2.80 bits per heavy atom. The number of likely N-dealkylation sites (tertiary alicyclic amines) is 1. The second-order valence-corrected chi connectivity index (χ2v) is 7.43. The number of rotatable bonds is 3. The smallest absolute Gasteiger partial charge is 0.255 e. The largest absolute Gasteiger partial charge is 0.338 e. The van der Waals surface area contributed by atoms with E-state index >= 15 is 0 Å². The van der Waals surface area contributed by atoms with Crippen molar-refractivity contribution in [2.75, 3.05) is 13.1 Å². The van der Waals surface area contributed by atoms with Crippen molar-refractivity contribution >= 4 is 17.5 Å². The maximum absolute atomic E-state index is 12.6. The van der Waals surface area contributed by atoms with Crippen LogP contribution in [0.4, 0.5) is 0 Å². The van der Waals surface area contributed by atoms with Gasteiger partial charge in [-0.15, -0.1) is 0 Å².